The number of carbonyl (C=O) groups is 6. The van der Waals surface area contributed by atoms with Crippen LogP contribution in [0.15, 0.2) is 48.6 Å². The summed E-state index contributed by atoms with van der Waals surface area (Å²) in [4.78, 5) is 80.5. The maximum absolute atomic E-state index is 13.8. The van der Waals surface area contributed by atoms with Gasteiger partial charge in [-0.1, -0.05) is 118 Å². The predicted octanol–water partition coefficient (Wildman–Crippen LogP) is 7.04. The lowest BCUT2D eigenvalue weighted by atomic mass is 9.81. The van der Waals surface area contributed by atoms with Gasteiger partial charge in [-0.15, -0.1) is 0 Å². The molecular formula is C54H98N6O9. The summed E-state index contributed by atoms with van der Waals surface area (Å²) in [6.45, 7) is 28.3. The van der Waals surface area contributed by atoms with Crippen LogP contribution in [0.2, 0.25) is 0 Å². The van der Waals surface area contributed by atoms with E-state index in [9.17, 15) is 33.9 Å². The second-order valence-electron chi connectivity index (χ2n) is 18.9. The highest BCUT2D eigenvalue weighted by molar-refractivity contribution is 5.84. The van der Waals surface area contributed by atoms with Crippen LogP contribution in [0, 0.1) is 23.2 Å². The SMILES string of the molecule is C/C=C/CC[C@@](C)(CC)C(=O)NCCC(=O)N(C)C(C=O)C(C)C.C=C/C=C(\C=C/C)C(O)C(C)NC(=O)C(C)C(OC)C1CCCN1C(=O)CC(OC)C([C@@H](C)CC)N(C)C(=O)CNC.CCC. The molecule has 1 aliphatic rings. The molecule has 5 amide bonds. The van der Waals surface area contributed by atoms with Crippen LogP contribution in [0.4, 0.5) is 0 Å². The molecule has 0 spiro atoms. The summed E-state index contributed by atoms with van der Waals surface area (Å²) < 4.78 is 11.7. The number of hydrogen-bond acceptors (Lipinski definition) is 10. The molecule has 0 aromatic rings. The second-order valence-corrected chi connectivity index (χ2v) is 18.9. The van der Waals surface area contributed by atoms with Crippen LogP contribution in [0.1, 0.15) is 141 Å². The summed E-state index contributed by atoms with van der Waals surface area (Å²) in [5.41, 5.74) is 0.225. The van der Waals surface area contributed by atoms with Crippen molar-refractivity contribution in [3.05, 3.63) is 48.6 Å². The highest BCUT2D eigenvalue weighted by Crippen LogP contribution is 2.30. The fourth-order valence-electron chi connectivity index (χ4n) is 8.46. The zero-order valence-electron chi connectivity index (χ0n) is 46.1. The van der Waals surface area contributed by atoms with E-state index >= 15 is 0 Å². The van der Waals surface area contributed by atoms with Gasteiger partial charge in [-0.3, -0.25) is 24.0 Å². The lowest BCUT2D eigenvalue weighted by Crippen LogP contribution is -2.54. The van der Waals surface area contributed by atoms with Gasteiger partial charge < -0.3 is 50.0 Å². The van der Waals surface area contributed by atoms with Gasteiger partial charge in [0.15, 0.2) is 0 Å². The Kier molecular flexibility index (Phi) is 35.6. The lowest BCUT2D eigenvalue weighted by molar-refractivity contribution is -0.145. The number of nitrogens with zero attached hydrogens (tertiary/aromatic N) is 3. The van der Waals surface area contributed by atoms with Crippen molar-refractivity contribution in [3.63, 3.8) is 0 Å². The summed E-state index contributed by atoms with van der Waals surface area (Å²) in [6.07, 6.45) is 16.1. The maximum atomic E-state index is 13.8. The third-order valence-electron chi connectivity index (χ3n) is 13.2. The highest BCUT2D eigenvalue weighted by atomic mass is 16.5. The van der Waals surface area contributed by atoms with Gasteiger partial charge in [0.25, 0.3) is 0 Å². The molecule has 0 aromatic heterocycles. The van der Waals surface area contributed by atoms with Gasteiger partial charge in [-0.2, -0.15) is 0 Å². The first-order valence-electron chi connectivity index (χ1n) is 25.4. The Labute approximate surface area is 418 Å². The predicted molar refractivity (Wildman–Crippen MR) is 280 cm³/mol. The van der Waals surface area contributed by atoms with Crippen molar-refractivity contribution in [1.29, 1.82) is 0 Å². The fourth-order valence-corrected chi connectivity index (χ4v) is 8.46. The van der Waals surface area contributed by atoms with Crippen LogP contribution in [0.5, 0.6) is 0 Å². The number of likely N-dealkylation sites (N-methyl/N-ethyl adjacent to an activating group) is 3. The Morgan fingerprint density at radius 3 is 2.06 bits per heavy atom. The number of ether oxygens (including phenoxy) is 2. The molecule has 1 heterocycles. The van der Waals surface area contributed by atoms with Gasteiger partial charge in [-0.05, 0) is 77.3 Å². The molecule has 0 saturated carbocycles. The second kappa shape index (κ2) is 36.7. The smallest absolute Gasteiger partial charge is 0.236 e. The molecule has 8 unspecified atom stereocenters. The van der Waals surface area contributed by atoms with Crippen LogP contribution in [0.25, 0.3) is 0 Å². The van der Waals surface area contributed by atoms with Gasteiger partial charge in [0, 0.05) is 53.2 Å². The molecule has 4 N–H and O–H groups in total. The molecule has 69 heavy (non-hydrogen) atoms. The summed E-state index contributed by atoms with van der Waals surface area (Å²) in [6, 6.07) is -1.53. The summed E-state index contributed by atoms with van der Waals surface area (Å²) in [7, 11) is 8.27. The first-order chi connectivity index (χ1) is 32.6. The number of nitrogens with one attached hydrogen (secondary N) is 3. The van der Waals surface area contributed by atoms with Gasteiger partial charge in [-0.25, -0.2) is 0 Å². The lowest BCUT2D eigenvalue weighted by Gasteiger charge is -2.39. The van der Waals surface area contributed by atoms with Crippen molar-refractivity contribution in [2.24, 2.45) is 23.2 Å². The molecule has 15 heteroatoms. The number of carbonyl (C=O) groups excluding carboxylic acids is 6. The van der Waals surface area contributed by atoms with E-state index in [2.05, 4.69) is 56.3 Å². The molecule has 1 rings (SSSR count). The number of likely N-dealkylation sites (tertiary alicyclic amines) is 1. The summed E-state index contributed by atoms with van der Waals surface area (Å²) in [5.74, 6) is -0.945. The quantitative estimate of drug-likeness (QED) is 0.0344. The Bertz CT molecular complexity index is 1620. The van der Waals surface area contributed by atoms with E-state index in [1.165, 1.54) is 11.3 Å². The van der Waals surface area contributed by atoms with E-state index in [1.54, 1.807) is 72.3 Å². The maximum Gasteiger partial charge on any atom is 0.236 e. The Balaban J connectivity index is 0. The molecule has 0 radical (unpaired) electrons. The van der Waals surface area contributed by atoms with Gasteiger partial charge in [0.2, 0.25) is 29.5 Å². The number of allylic oxidation sites excluding steroid dienone is 5. The molecule has 0 aromatic carbocycles. The first kappa shape index (κ1) is 66.9. The molecule has 0 aliphatic carbocycles. The minimum Gasteiger partial charge on any atom is -0.386 e. The van der Waals surface area contributed by atoms with E-state index in [0.717, 1.165) is 38.4 Å². The molecule has 1 aliphatic heterocycles. The van der Waals surface area contributed by atoms with Gasteiger partial charge in [0.05, 0.1) is 61.4 Å². The van der Waals surface area contributed by atoms with E-state index in [-0.39, 0.29) is 72.8 Å². The van der Waals surface area contributed by atoms with Gasteiger partial charge in [0.1, 0.15) is 6.29 Å². The van der Waals surface area contributed by atoms with Crippen LogP contribution >= 0.6 is 0 Å². The number of methoxy groups -OCH3 is 2. The summed E-state index contributed by atoms with van der Waals surface area (Å²) >= 11 is 0. The number of aliphatic hydroxyl groups is 1. The molecule has 1 fully saturated rings. The van der Waals surface area contributed by atoms with Crippen molar-refractivity contribution in [2.75, 3.05) is 55.0 Å². The number of aliphatic hydroxyl groups excluding tert-OH is 1. The van der Waals surface area contributed by atoms with Crippen LogP contribution < -0.4 is 16.0 Å². The van der Waals surface area contributed by atoms with Crippen LogP contribution in [-0.2, 0) is 38.2 Å². The van der Waals surface area contributed by atoms with Crippen molar-refractivity contribution < 1.29 is 43.3 Å². The topological polar surface area (TPSA) is 187 Å². The fraction of sp³-hybridized carbons (Fsp3) is 0.741. The number of hydrogen-bond donors (Lipinski definition) is 4. The largest absolute Gasteiger partial charge is 0.386 e. The molecule has 15 nitrogen and oxygen atoms in total. The molecule has 1 saturated heterocycles. The van der Waals surface area contributed by atoms with Crippen LogP contribution in [-0.4, -0.2) is 153 Å². The monoisotopic (exact) mass is 975 g/mol. The van der Waals surface area contributed by atoms with Crippen molar-refractivity contribution in [1.82, 2.24) is 30.7 Å². The molecule has 398 valence electrons. The average Bonchev–Trinajstić information content (AvgIpc) is 3.81. The normalized spacial score (nSPS) is 18.2. The van der Waals surface area contributed by atoms with E-state index < -0.39 is 41.7 Å². The number of rotatable bonds is 29. The molecular weight excluding hydrogens is 877 g/mol. The highest BCUT2D eigenvalue weighted by Gasteiger charge is 2.42. The minimum atomic E-state index is -0.913. The standard InChI is InChI=1S/C32H56N4O6.C19H34N2O3.C3H8/c1-11-15-24(16-12-2)30(39)23(6)34-32(40)22(5)31(42-10)25-17-14-18-36(25)27(37)19-26(41-9)29(21(4)13-3)35(8)28(38)20-33-7;1-7-9-10-12-19(5,8-2)18(24)20-13-11-17(23)21(6)16(14-22)15(3)4;1-3-2/h11-12,15-16,21-23,25-26,29-31,33,39H,1,13-14,17-20H2,2-10H3,(H,34,40);7,9,14-16H,8,10-13H2,1-6H3,(H,20,24);3H2,1-2H3/b16-12-,24-15+;9-7+;/t21-,22?,23?,25?,26?,29?,30?,31?;16?,19-;/m01./s1. The number of amides is 5. The van der Waals surface area contributed by atoms with Crippen molar-refractivity contribution in [2.45, 2.75) is 183 Å². The van der Waals surface area contributed by atoms with Crippen molar-refractivity contribution >= 4 is 35.8 Å². The molecule has 0 bridgehead atoms. The van der Waals surface area contributed by atoms with Crippen molar-refractivity contribution in [3.8, 4) is 0 Å². The molecule has 10 atom stereocenters. The first-order valence-corrected chi connectivity index (χ1v) is 25.4. The zero-order valence-corrected chi connectivity index (χ0v) is 46.1. The third kappa shape index (κ3) is 22.6. The summed E-state index contributed by atoms with van der Waals surface area (Å²) in [5, 5.41) is 19.5. The number of aldehydes is 1. The zero-order chi connectivity index (χ0) is 53.4. The third-order valence-corrected chi connectivity index (χ3v) is 13.2. The Hall–Kier alpha value is -4.18. The Morgan fingerprint density at radius 2 is 1.58 bits per heavy atom. The van der Waals surface area contributed by atoms with Crippen LogP contribution in [0.3, 0.4) is 0 Å². The average molecular weight is 975 g/mol. The van der Waals surface area contributed by atoms with E-state index in [1.807, 2.05) is 58.6 Å². The minimum absolute atomic E-state index is 0.0132. The van der Waals surface area contributed by atoms with Gasteiger partial charge >= 0.3 is 0 Å². The Morgan fingerprint density at radius 1 is 0.957 bits per heavy atom. The van der Waals surface area contributed by atoms with E-state index in [0.29, 0.717) is 25.1 Å². The van der Waals surface area contributed by atoms with E-state index in [4.69, 9.17) is 9.47 Å².